The van der Waals surface area contributed by atoms with E-state index in [9.17, 15) is 4.79 Å². The molecule has 0 saturated heterocycles. The average molecular weight is 227 g/mol. The van der Waals surface area contributed by atoms with Gasteiger partial charge in [-0.3, -0.25) is 4.79 Å². The summed E-state index contributed by atoms with van der Waals surface area (Å²) >= 11 is 0. The number of ether oxygens (including phenoxy) is 1. The number of amides is 1. The van der Waals surface area contributed by atoms with E-state index in [-0.39, 0.29) is 5.91 Å². The zero-order valence-electron chi connectivity index (χ0n) is 11.0. The molecule has 0 aromatic carbocycles. The molecule has 0 aliphatic heterocycles. The summed E-state index contributed by atoms with van der Waals surface area (Å²) in [6, 6.07) is 0. The van der Waals surface area contributed by atoms with E-state index in [1.54, 1.807) is 0 Å². The Hall–Kier alpha value is -0.570. The highest BCUT2D eigenvalue weighted by Gasteiger charge is 2.33. The maximum Gasteiger partial charge on any atom is 0.216 e. The van der Waals surface area contributed by atoms with E-state index in [2.05, 4.69) is 26.1 Å². The van der Waals surface area contributed by atoms with Gasteiger partial charge < -0.3 is 10.1 Å². The Labute approximate surface area is 98.9 Å². The SMILES string of the molecule is CC(=O)NCCO[C@H]1CCC(C)(C)C(C)C1. The summed E-state index contributed by atoms with van der Waals surface area (Å²) in [6.07, 6.45) is 3.92. The largest absolute Gasteiger partial charge is 0.376 e. The number of carbonyl (C=O) groups excluding carboxylic acids is 1. The van der Waals surface area contributed by atoms with Crippen molar-refractivity contribution in [2.45, 2.75) is 53.1 Å². The van der Waals surface area contributed by atoms with Crippen LogP contribution in [0.4, 0.5) is 0 Å². The van der Waals surface area contributed by atoms with Gasteiger partial charge in [0.15, 0.2) is 0 Å². The van der Waals surface area contributed by atoms with Crippen LogP contribution in [0.25, 0.3) is 0 Å². The topological polar surface area (TPSA) is 38.3 Å². The third-order valence-electron chi connectivity index (χ3n) is 3.89. The van der Waals surface area contributed by atoms with Gasteiger partial charge in [-0.15, -0.1) is 0 Å². The molecular weight excluding hydrogens is 202 g/mol. The van der Waals surface area contributed by atoms with Crippen molar-refractivity contribution in [2.75, 3.05) is 13.2 Å². The number of nitrogens with one attached hydrogen (secondary N) is 1. The molecule has 16 heavy (non-hydrogen) atoms. The lowest BCUT2D eigenvalue weighted by Crippen LogP contribution is -2.35. The molecule has 94 valence electrons. The van der Waals surface area contributed by atoms with Gasteiger partial charge in [0.25, 0.3) is 0 Å². The van der Waals surface area contributed by atoms with E-state index in [1.165, 1.54) is 13.3 Å². The maximum absolute atomic E-state index is 10.7. The van der Waals surface area contributed by atoms with Crippen molar-refractivity contribution >= 4 is 5.91 Å². The van der Waals surface area contributed by atoms with E-state index >= 15 is 0 Å². The second-order valence-electron chi connectivity index (χ2n) is 5.64. The van der Waals surface area contributed by atoms with Crippen molar-refractivity contribution in [2.24, 2.45) is 11.3 Å². The first-order valence-corrected chi connectivity index (χ1v) is 6.28. The van der Waals surface area contributed by atoms with E-state index in [1.807, 2.05) is 0 Å². The highest BCUT2D eigenvalue weighted by Crippen LogP contribution is 2.40. The first-order valence-electron chi connectivity index (χ1n) is 6.28. The van der Waals surface area contributed by atoms with E-state index in [0.29, 0.717) is 30.6 Å². The predicted octanol–water partition coefficient (Wildman–Crippen LogP) is 2.35. The molecule has 1 saturated carbocycles. The molecule has 1 amide bonds. The maximum atomic E-state index is 10.7. The average Bonchev–Trinajstić information content (AvgIpc) is 2.18. The third-order valence-corrected chi connectivity index (χ3v) is 3.89. The molecule has 0 spiro atoms. The summed E-state index contributed by atoms with van der Waals surface area (Å²) in [4.78, 5) is 10.7. The molecule has 1 unspecified atom stereocenters. The highest BCUT2D eigenvalue weighted by molar-refractivity contribution is 5.72. The summed E-state index contributed by atoms with van der Waals surface area (Å²) in [7, 11) is 0. The fraction of sp³-hybridized carbons (Fsp3) is 0.923. The molecule has 1 aliphatic rings. The molecule has 0 bridgehead atoms. The summed E-state index contributed by atoms with van der Waals surface area (Å²) in [6.45, 7) is 9.78. The first-order chi connectivity index (χ1) is 7.42. The molecule has 0 aromatic heterocycles. The van der Waals surface area contributed by atoms with Crippen LogP contribution in [-0.2, 0) is 9.53 Å². The summed E-state index contributed by atoms with van der Waals surface area (Å²) in [5.41, 5.74) is 0.456. The smallest absolute Gasteiger partial charge is 0.216 e. The molecule has 3 nitrogen and oxygen atoms in total. The molecule has 0 radical (unpaired) electrons. The quantitative estimate of drug-likeness (QED) is 0.749. The van der Waals surface area contributed by atoms with Gasteiger partial charge in [-0.05, 0) is 30.6 Å². The Balaban J connectivity index is 2.18. The lowest BCUT2D eigenvalue weighted by atomic mass is 9.69. The van der Waals surface area contributed by atoms with E-state index < -0.39 is 0 Å². The lowest BCUT2D eigenvalue weighted by molar-refractivity contribution is -0.119. The Morgan fingerprint density at radius 3 is 2.75 bits per heavy atom. The van der Waals surface area contributed by atoms with Gasteiger partial charge in [-0.25, -0.2) is 0 Å². The van der Waals surface area contributed by atoms with Crippen LogP contribution in [0.1, 0.15) is 47.0 Å². The van der Waals surface area contributed by atoms with Crippen molar-refractivity contribution in [3.05, 3.63) is 0 Å². The molecule has 0 aromatic rings. The van der Waals surface area contributed by atoms with Crippen LogP contribution in [-0.4, -0.2) is 25.2 Å². The zero-order chi connectivity index (χ0) is 12.2. The van der Waals surface area contributed by atoms with Gasteiger partial charge >= 0.3 is 0 Å². The second kappa shape index (κ2) is 5.67. The minimum absolute atomic E-state index is 0.0155. The summed E-state index contributed by atoms with van der Waals surface area (Å²) in [5, 5.41) is 2.75. The minimum atomic E-state index is 0.0155. The minimum Gasteiger partial charge on any atom is -0.376 e. The predicted molar refractivity (Wildman–Crippen MR) is 65.2 cm³/mol. The molecule has 3 heteroatoms. The fourth-order valence-corrected chi connectivity index (χ4v) is 2.21. The van der Waals surface area contributed by atoms with Gasteiger partial charge in [-0.2, -0.15) is 0 Å². The monoisotopic (exact) mass is 227 g/mol. The van der Waals surface area contributed by atoms with Crippen LogP contribution in [0.3, 0.4) is 0 Å². The van der Waals surface area contributed by atoms with Crippen molar-refractivity contribution in [3.63, 3.8) is 0 Å². The van der Waals surface area contributed by atoms with Crippen molar-refractivity contribution < 1.29 is 9.53 Å². The van der Waals surface area contributed by atoms with Gasteiger partial charge in [-0.1, -0.05) is 20.8 Å². The molecule has 1 fully saturated rings. The van der Waals surface area contributed by atoms with E-state index in [0.717, 1.165) is 12.8 Å². The lowest BCUT2D eigenvalue weighted by Gasteiger charge is -2.40. The van der Waals surface area contributed by atoms with Crippen LogP contribution >= 0.6 is 0 Å². The van der Waals surface area contributed by atoms with Gasteiger partial charge in [0, 0.05) is 13.5 Å². The van der Waals surface area contributed by atoms with Crippen LogP contribution in [0.5, 0.6) is 0 Å². The third kappa shape index (κ3) is 4.12. The van der Waals surface area contributed by atoms with E-state index in [4.69, 9.17) is 4.74 Å². The highest BCUT2D eigenvalue weighted by atomic mass is 16.5. The Morgan fingerprint density at radius 1 is 1.50 bits per heavy atom. The molecular formula is C13H25NO2. The summed E-state index contributed by atoms with van der Waals surface area (Å²) in [5.74, 6) is 0.730. The Kier molecular flexibility index (Phi) is 4.78. The van der Waals surface area contributed by atoms with Gasteiger partial charge in [0.1, 0.15) is 0 Å². The number of rotatable bonds is 4. The number of carbonyl (C=O) groups is 1. The molecule has 1 rings (SSSR count). The Morgan fingerprint density at radius 2 is 2.19 bits per heavy atom. The van der Waals surface area contributed by atoms with Crippen molar-refractivity contribution in [1.82, 2.24) is 5.32 Å². The van der Waals surface area contributed by atoms with Crippen LogP contribution in [0.15, 0.2) is 0 Å². The van der Waals surface area contributed by atoms with Crippen molar-refractivity contribution in [1.29, 1.82) is 0 Å². The van der Waals surface area contributed by atoms with Gasteiger partial charge in [0.2, 0.25) is 5.91 Å². The molecule has 2 atom stereocenters. The molecule has 0 heterocycles. The molecule has 1 aliphatic carbocycles. The normalized spacial score (nSPS) is 28.8. The van der Waals surface area contributed by atoms with Crippen molar-refractivity contribution in [3.8, 4) is 0 Å². The second-order valence-corrected chi connectivity index (χ2v) is 5.64. The zero-order valence-corrected chi connectivity index (χ0v) is 11.0. The van der Waals surface area contributed by atoms with Crippen LogP contribution in [0.2, 0.25) is 0 Å². The summed E-state index contributed by atoms with van der Waals surface area (Å²) < 4.78 is 5.78. The molecule has 1 N–H and O–H groups in total. The van der Waals surface area contributed by atoms with Crippen LogP contribution < -0.4 is 5.32 Å². The Bertz CT molecular complexity index is 238. The van der Waals surface area contributed by atoms with Crippen LogP contribution in [0, 0.1) is 11.3 Å². The van der Waals surface area contributed by atoms with Gasteiger partial charge in [0.05, 0.1) is 12.7 Å². The first kappa shape index (κ1) is 13.5. The fourth-order valence-electron chi connectivity index (χ4n) is 2.21. The standard InChI is InChI=1S/C13H25NO2/c1-10-9-12(5-6-13(10,3)4)16-8-7-14-11(2)15/h10,12H,5-9H2,1-4H3,(H,14,15)/t10?,12-/m0/s1. The number of hydrogen-bond acceptors (Lipinski definition) is 2. The number of hydrogen-bond donors (Lipinski definition) is 1.